The normalized spacial score (nSPS) is 14.3. The molecule has 0 radical (unpaired) electrons. The van der Waals surface area contributed by atoms with E-state index < -0.39 is 23.1 Å². The van der Waals surface area contributed by atoms with Gasteiger partial charge in [-0.3, -0.25) is 25.0 Å². The second kappa shape index (κ2) is 6.19. The molecule has 1 aliphatic rings. The predicted molar refractivity (Wildman–Crippen MR) is 72.5 cm³/mol. The fourth-order valence-electron chi connectivity index (χ4n) is 1.61. The molecule has 8 heteroatoms. The van der Waals surface area contributed by atoms with E-state index >= 15 is 0 Å². The van der Waals surface area contributed by atoms with Crippen LogP contribution in [0.25, 0.3) is 6.08 Å². The number of urea groups is 1. The van der Waals surface area contributed by atoms with Gasteiger partial charge in [-0.2, -0.15) is 0 Å². The Morgan fingerprint density at radius 1 is 1.19 bits per heavy atom. The molecular formula is C13H9ClN2O5. The van der Waals surface area contributed by atoms with Crippen molar-refractivity contribution in [3.8, 4) is 5.75 Å². The summed E-state index contributed by atoms with van der Waals surface area (Å²) < 4.78 is 5.10. The highest BCUT2D eigenvalue weighted by molar-refractivity contribution is 6.63. The summed E-state index contributed by atoms with van der Waals surface area (Å²) in [6, 6.07) is 5.49. The fourth-order valence-corrected chi connectivity index (χ4v) is 1.66. The van der Waals surface area contributed by atoms with E-state index in [9.17, 15) is 19.2 Å². The molecule has 0 aliphatic carbocycles. The second-order valence-electron chi connectivity index (χ2n) is 4.01. The van der Waals surface area contributed by atoms with Gasteiger partial charge < -0.3 is 4.74 Å². The van der Waals surface area contributed by atoms with E-state index in [1.165, 1.54) is 12.1 Å². The van der Waals surface area contributed by atoms with Gasteiger partial charge in [0.05, 0.1) is 0 Å². The van der Waals surface area contributed by atoms with Gasteiger partial charge in [-0.25, -0.2) is 4.79 Å². The quantitative estimate of drug-likeness (QED) is 0.481. The number of rotatable bonds is 4. The monoisotopic (exact) mass is 308 g/mol. The Labute approximate surface area is 123 Å². The first-order valence-electron chi connectivity index (χ1n) is 5.75. The second-order valence-corrected chi connectivity index (χ2v) is 4.43. The Kier molecular flexibility index (Phi) is 4.34. The SMILES string of the molecule is O=C(Cl)COc1cccc(C=C2C(=O)NC(=O)NC2=O)c1. The summed E-state index contributed by atoms with van der Waals surface area (Å²) >= 11 is 5.16. The fraction of sp³-hybridized carbons (Fsp3) is 0.0769. The molecular weight excluding hydrogens is 300 g/mol. The summed E-state index contributed by atoms with van der Waals surface area (Å²) in [5, 5.41) is 3.28. The molecule has 0 spiro atoms. The molecule has 2 N–H and O–H groups in total. The van der Waals surface area contributed by atoms with Gasteiger partial charge in [0.2, 0.25) is 0 Å². The van der Waals surface area contributed by atoms with Crippen LogP contribution in [-0.2, 0) is 14.4 Å². The van der Waals surface area contributed by atoms with Crippen LogP contribution >= 0.6 is 11.6 Å². The standard InChI is InChI=1S/C13H9ClN2O5/c14-10(17)6-21-8-3-1-2-7(4-8)5-9-11(18)15-13(20)16-12(9)19/h1-5H,6H2,(H2,15,16,18,19,20). The maximum absolute atomic E-state index is 11.6. The summed E-state index contributed by atoms with van der Waals surface area (Å²) in [5.74, 6) is -1.22. The topological polar surface area (TPSA) is 102 Å². The van der Waals surface area contributed by atoms with Crippen molar-refractivity contribution >= 4 is 40.8 Å². The number of barbiturate groups is 1. The maximum Gasteiger partial charge on any atom is 0.328 e. The molecule has 1 fully saturated rings. The largest absolute Gasteiger partial charge is 0.484 e. The summed E-state index contributed by atoms with van der Waals surface area (Å²) in [4.78, 5) is 44.7. The van der Waals surface area contributed by atoms with Crippen molar-refractivity contribution in [1.82, 2.24) is 10.6 Å². The summed E-state index contributed by atoms with van der Waals surface area (Å²) in [7, 11) is 0. The molecule has 21 heavy (non-hydrogen) atoms. The molecule has 4 amide bonds. The Balaban J connectivity index is 2.22. The van der Waals surface area contributed by atoms with Crippen molar-refractivity contribution < 1.29 is 23.9 Å². The molecule has 1 heterocycles. The third kappa shape index (κ3) is 3.90. The van der Waals surface area contributed by atoms with Crippen molar-refractivity contribution in [2.45, 2.75) is 0 Å². The Bertz CT molecular complexity index is 646. The number of imide groups is 2. The number of hydrogen-bond donors (Lipinski definition) is 2. The Morgan fingerprint density at radius 3 is 2.48 bits per heavy atom. The van der Waals surface area contributed by atoms with E-state index in [0.717, 1.165) is 0 Å². The van der Waals surface area contributed by atoms with E-state index in [4.69, 9.17) is 16.3 Å². The van der Waals surface area contributed by atoms with Crippen molar-refractivity contribution in [3.63, 3.8) is 0 Å². The molecule has 0 saturated carbocycles. The highest BCUT2D eigenvalue weighted by Crippen LogP contribution is 2.17. The van der Waals surface area contributed by atoms with E-state index in [0.29, 0.717) is 11.3 Å². The molecule has 1 aromatic rings. The smallest absolute Gasteiger partial charge is 0.328 e. The van der Waals surface area contributed by atoms with Gasteiger partial charge in [0.1, 0.15) is 11.3 Å². The zero-order chi connectivity index (χ0) is 15.4. The van der Waals surface area contributed by atoms with E-state index in [1.807, 2.05) is 10.6 Å². The highest BCUT2D eigenvalue weighted by Gasteiger charge is 2.27. The lowest BCUT2D eigenvalue weighted by Crippen LogP contribution is -2.51. The lowest BCUT2D eigenvalue weighted by Gasteiger charge is -2.14. The molecule has 0 aromatic heterocycles. The maximum atomic E-state index is 11.6. The summed E-state index contributed by atoms with van der Waals surface area (Å²) in [5.41, 5.74) is 0.282. The van der Waals surface area contributed by atoms with Gasteiger partial charge in [-0.15, -0.1) is 0 Å². The molecule has 1 aromatic carbocycles. The van der Waals surface area contributed by atoms with Gasteiger partial charge in [-0.1, -0.05) is 12.1 Å². The Hall–Kier alpha value is -2.67. The van der Waals surface area contributed by atoms with Crippen LogP contribution in [0.3, 0.4) is 0 Å². The summed E-state index contributed by atoms with van der Waals surface area (Å²) in [6.07, 6.45) is 1.30. The molecule has 0 atom stereocenters. The number of carbonyl (C=O) groups is 4. The first kappa shape index (κ1) is 14.7. The number of amides is 4. The average Bonchev–Trinajstić information content (AvgIpc) is 2.41. The Morgan fingerprint density at radius 2 is 1.86 bits per heavy atom. The van der Waals surface area contributed by atoms with Crippen molar-refractivity contribution in [2.24, 2.45) is 0 Å². The third-order valence-corrected chi connectivity index (χ3v) is 2.57. The van der Waals surface area contributed by atoms with Gasteiger partial charge >= 0.3 is 6.03 Å². The van der Waals surface area contributed by atoms with Crippen LogP contribution in [0.1, 0.15) is 5.56 Å². The number of benzene rings is 1. The van der Waals surface area contributed by atoms with Crippen LogP contribution in [0.2, 0.25) is 0 Å². The van der Waals surface area contributed by atoms with E-state index in [1.54, 1.807) is 18.2 Å². The minimum Gasteiger partial charge on any atom is -0.484 e. The van der Waals surface area contributed by atoms with Crippen LogP contribution in [-0.4, -0.2) is 29.7 Å². The zero-order valence-corrected chi connectivity index (χ0v) is 11.3. The molecule has 1 saturated heterocycles. The first-order valence-corrected chi connectivity index (χ1v) is 6.13. The van der Waals surface area contributed by atoms with Gasteiger partial charge in [0.25, 0.3) is 17.1 Å². The summed E-state index contributed by atoms with van der Waals surface area (Å²) in [6.45, 7) is -0.295. The van der Waals surface area contributed by atoms with Crippen molar-refractivity contribution in [1.29, 1.82) is 0 Å². The third-order valence-electron chi connectivity index (χ3n) is 2.46. The van der Waals surface area contributed by atoms with Gasteiger partial charge in [0, 0.05) is 0 Å². The van der Waals surface area contributed by atoms with Crippen molar-refractivity contribution in [3.05, 3.63) is 35.4 Å². The van der Waals surface area contributed by atoms with E-state index in [-0.39, 0.29) is 12.2 Å². The molecule has 1 aliphatic heterocycles. The minimum atomic E-state index is -0.861. The number of ether oxygens (including phenoxy) is 1. The zero-order valence-electron chi connectivity index (χ0n) is 10.5. The number of nitrogens with one attached hydrogen (secondary N) is 2. The number of halogens is 1. The van der Waals surface area contributed by atoms with E-state index in [2.05, 4.69) is 0 Å². The van der Waals surface area contributed by atoms with Crippen LogP contribution in [0, 0.1) is 0 Å². The van der Waals surface area contributed by atoms with Crippen molar-refractivity contribution in [2.75, 3.05) is 6.61 Å². The van der Waals surface area contributed by atoms with Crippen LogP contribution < -0.4 is 15.4 Å². The number of hydrogen-bond acceptors (Lipinski definition) is 5. The molecule has 2 rings (SSSR count). The lowest BCUT2D eigenvalue weighted by atomic mass is 10.1. The first-order chi connectivity index (χ1) is 9.95. The average molecular weight is 309 g/mol. The molecule has 0 bridgehead atoms. The minimum absolute atomic E-state index is 0.208. The lowest BCUT2D eigenvalue weighted by molar-refractivity contribution is -0.124. The molecule has 108 valence electrons. The van der Waals surface area contributed by atoms with Crippen LogP contribution in [0.5, 0.6) is 5.75 Å². The molecule has 7 nitrogen and oxygen atoms in total. The van der Waals surface area contributed by atoms with Crippen LogP contribution in [0.15, 0.2) is 29.8 Å². The van der Waals surface area contributed by atoms with Gasteiger partial charge in [0.15, 0.2) is 6.61 Å². The predicted octanol–water partition coefficient (Wildman–Crippen LogP) is 0.580. The van der Waals surface area contributed by atoms with Crippen LogP contribution in [0.4, 0.5) is 4.79 Å². The highest BCUT2D eigenvalue weighted by atomic mass is 35.5. The number of carbonyl (C=O) groups excluding carboxylic acids is 4. The van der Waals surface area contributed by atoms with Gasteiger partial charge in [-0.05, 0) is 35.4 Å². The molecule has 0 unspecified atom stereocenters.